The van der Waals surface area contributed by atoms with E-state index in [2.05, 4.69) is 111 Å². The molecule has 4 heteroatoms. The predicted molar refractivity (Wildman–Crippen MR) is 141 cm³/mol. The van der Waals surface area contributed by atoms with Crippen LogP contribution in [-0.2, 0) is 0 Å². The third-order valence-electron chi connectivity index (χ3n) is 6.80. The van der Waals surface area contributed by atoms with Crippen LogP contribution < -0.4 is 0 Å². The number of benzene rings is 3. The minimum atomic E-state index is 0.300. The molecule has 0 N–H and O–H groups in total. The number of pyridine rings is 1. The second kappa shape index (κ2) is 7.56. The molecule has 0 radical (unpaired) electrons. The van der Waals surface area contributed by atoms with Gasteiger partial charge in [-0.15, -0.1) is 0 Å². The molecule has 7 rings (SSSR count). The van der Waals surface area contributed by atoms with Crippen LogP contribution in [-0.4, -0.2) is 26.9 Å². The molecule has 1 unspecified atom stereocenters. The first kappa shape index (κ1) is 19.1. The SMILES string of the molecule is C1=CC(c2ccc(-n3ccc4c3ccc3c5ccccc5n(-c5ccccc5)c34)nc2)CN=C1. The Bertz CT molecular complexity index is 1720. The number of nitrogens with zero attached hydrogens (tertiary/aromatic N) is 4. The molecular weight excluding hydrogens is 416 g/mol. The number of hydrogen-bond acceptors (Lipinski definition) is 2. The number of aliphatic imine (C=N–C) groups is 1. The van der Waals surface area contributed by atoms with Crippen LogP contribution in [0, 0.1) is 0 Å². The van der Waals surface area contributed by atoms with Crippen LogP contribution in [0.15, 0.2) is 114 Å². The number of para-hydroxylation sites is 2. The Balaban J connectivity index is 1.43. The molecule has 1 atom stereocenters. The number of fused-ring (bicyclic) bond motifs is 5. The number of hydrogen-bond donors (Lipinski definition) is 0. The van der Waals surface area contributed by atoms with Crippen LogP contribution in [0.25, 0.3) is 44.2 Å². The smallest absolute Gasteiger partial charge is 0.137 e. The molecule has 0 amide bonds. The van der Waals surface area contributed by atoms with E-state index in [9.17, 15) is 0 Å². The molecular formula is C30H22N4. The topological polar surface area (TPSA) is 35.1 Å². The molecule has 0 spiro atoms. The first-order valence-corrected chi connectivity index (χ1v) is 11.6. The minimum absolute atomic E-state index is 0.300. The Morgan fingerprint density at radius 3 is 2.44 bits per heavy atom. The van der Waals surface area contributed by atoms with E-state index in [0.29, 0.717) is 5.92 Å². The maximum Gasteiger partial charge on any atom is 0.137 e. The molecule has 0 saturated heterocycles. The van der Waals surface area contributed by atoms with Gasteiger partial charge in [0, 0.05) is 52.9 Å². The fourth-order valence-corrected chi connectivity index (χ4v) is 5.18. The summed E-state index contributed by atoms with van der Waals surface area (Å²) in [5, 5.41) is 3.74. The fraction of sp³-hybridized carbons (Fsp3) is 0.0667. The van der Waals surface area contributed by atoms with E-state index < -0.39 is 0 Å². The third-order valence-corrected chi connectivity index (χ3v) is 6.80. The number of dihydropyridines is 1. The Hall–Kier alpha value is -4.44. The van der Waals surface area contributed by atoms with Gasteiger partial charge in [-0.25, -0.2) is 4.98 Å². The fourth-order valence-electron chi connectivity index (χ4n) is 5.18. The molecule has 0 saturated carbocycles. The number of allylic oxidation sites excluding steroid dienone is 1. The van der Waals surface area contributed by atoms with E-state index in [0.717, 1.165) is 17.9 Å². The van der Waals surface area contributed by atoms with Crippen LogP contribution in [0.4, 0.5) is 0 Å². The van der Waals surface area contributed by atoms with Crippen molar-refractivity contribution in [2.75, 3.05) is 6.54 Å². The summed E-state index contributed by atoms with van der Waals surface area (Å²) in [5.41, 5.74) is 5.95. The molecule has 4 nitrogen and oxygen atoms in total. The largest absolute Gasteiger partial charge is 0.309 e. The number of aromatic nitrogens is 3. The zero-order chi connectivity index (χ0) is 22.5. The highest BCUT2D eigenvalue weighted by molar-refractivity contribution is 6.18. The van der Waals surface area contributed by atoms with E-state index in [1.807, 2.05) is 18.5 Å². The lowest BCUT2D eigenvalue weighted by Gasteiger charge is -2.13. The summed E-state index contributed by atoms with van der Waals surface area (Å²) in [4.78, 5) is 9.20. The van der Waals surface area contributed by atoms with Gasteiger partial charge in [-0.3, -0.25) is 4.99 Å². The molecule has 1 aliphatic rings. The summed E-state index contributed by atoms with van der Waals surface area (Å²) in [6.07, 6.45) is 10.2. The average Bonchev–Trinajstić information content (AvgIpc) is 3.49. The van der Waals surface area contributed by atoms with Crippen LogP contribution in [0.5, 0.6) is 0 Å². The van der Waals surface area contributed by atoms with Gasteiger partial charge >= 0.3 is 0 Å². The van der Waals surface area contributed by atoms with Crippen molar-refractivity contribution >= 4 is 38.9 Å². The molecule has 3 aromatic carbocycles. The Labute approximate surface area is 197 Å². The van der Waals surface area contributed by atoms with Crippen LogP contribution in [0.3, 0.4) is 0 Å². The summed E-state index contributed by atoms with van der Waals surface area (Å²) in [5.74, 6) is 1.22. The lowest BCUT2D eigenvalue weighted by Crippen LogP contribution is -2.05. The van der Waals surface area contributed by atoms with Gasteiger partial charge < -0.3 is 9.13 Å². The van der Waals surface area contributed by atoms with Crippen molar-refractivity contribution in [2.24, 2.45) is 4.99 Å². The lowest BCUT2D eigenvalue weighted by atomic mass is 9.99. The zero-order valence-electron chi connectivity index (χ0n) is 18.5. The van der Waals surface area contributed by atoms with Crippen LogP contribution >= 0.6 is 0 Å². The van der Waals surface area contributed by atoms with Gasteiger partial charge in [0.1, 0.15) is 5.82 Å². The van der Waals surface area contributed by atoms with E-state index in [-0.39, 0.29) is 0 Å². The Morgan fingerprint density at radius 1 is 0.735 bits per heavy atom. The average molecular weight is 439 g/mol. The Morgan fingerprint density at radius 2 is 1.62 bits per heavy atom. The van der Waals surface area contributed by atoms with Crippen molar-refractivity contribution in [3.8, 4) is 11.5 Å². The molecule has 0 bridgehead atoms. The molecule has 34 heavy (non-hydrogen) atoms. The summed E-state index contributed by atoms with van der Waals surface area (Å²) in [6, 6.07) is 30.2. The first-order chi connectivity index (χ1) is 16.9. The summed E-state index contributed by atoms with van der Waals surface area (Å²) < 4.78 is 4.56. The molecule has 1 aliphatic heterocycles. The monoisotopic (exact) mass is 438 g/mol. The third kappa shape index (κ3) is 2.85. The van der Waals surface area contributed by atoms with E-state index >= 15 is 0 Å². The van der Waals surface area contributed by atoms with Crippen LogP contribution in [0.1, 0.15) is 11.5 Å². The van der Waals surface area contributed by atoms with Gasteiger partial charge in [0.05, 0.1) is 16.6 Å². The highest BCUT2D eigenvalue weighted by Crippen LogP contribution is 2.37. The normalized spacial score (nSPS) is 15.6. The van der Waals surface area contributed by atoms with Crippen molar-refractivity contribution in [1.82, 2.24) is 14.1 Å². The second-order valence-corrected chi connectivity index (χ2v) is 8.72. The zero-order valence-corrected chi connectivity index (χ0v) is 18.5. The number of rotatable bonds is 3. The molecule has 4 heterocycles. The summed E-state index contributed by atoms with van der Waals surface area (Å²) >= 11 is 0. The summed E-state index contributed by atoms with van der Waals surface area (Å²) in [6.45, 7) is 0.784. The highest BCUT2D eigenvalue weighted by Gasteiger charge is 2.17. The van der Waals surface area contributed by atoms with Crippen molar-refractivity contribution in [3.63, 3.8) is 0 Å². The molecule has 162 valence electrons. The van der Waals surface area contributed by atoms with Crippen molar-refractivity contribution < 1.29 is 0 Å². The van der Waals surface area contributed by atoms with Gasteiger partial charge in [-0.2, -0.15) is 0 Å². The second-order valence-electron chi connectivity index (χ2n) is 8.72. The van der Waals surface area contributed by atoms with Crippen molar-refractivity contribution in [1.29, 1.82) is 0 Å². The standard InChI is InChI=1S/C30H22N4/c1-2-8-23(9-3-1)34-28-11-5-4-10-24(28)25-13-14-27-26(30(25)34)16-18-33(27)29-15-12-22(20-32-29)21-7-6-17-31-19-21/h1-18,20-21H,19H2. The molecule has 0 fully saturated rings. The molecule has 0 aliphatic carbocycles. The van der Waals surface area contributed by atoms with Crippen molar-refractivity contribution in [3.05, 3.63) is 115 Å². The van der Waals surface area contributed by atoms with Gasteiger partial charge in [-0.05, 0) is 48.0 Å². The lowest BCUT2D eigenvalue weighted by molar-refractivity contribution is 0.836. The van der Waals surface area contributed by atoms with Gasteiger partial charge in [-0.1, -0.05) is 54.6 Å². The molecule has 3 aromatic heterocycles. The van der Waals surface area contributed by atoms with Gasteiger partial charge in [0.25, 0.3) is 0 Å². The van der Waals surface area contributed by atoms with E-state index in [4.69, 9.17) is 4.98 Å². The highest BCUT2D eigenvalue weighted by atomic mass is 15.1. The maximum atomic E-state index is 4.82. The quantitative estimate of drug-likeness (QED) is 0.298. The van der Waals surface area contributed by atoms with E-state index in [1.54, 1.807) is 0 Å². The molecule has 6 aromatic rings. The van der Waals surface area contributed by atoms with Crippen LogP contribution in [0.2, 0.25) is 0 Å². The maximum absolute atomic E-state index is 4.82. The summed E-state index contributed by atoms with van der Waals surface area (Å²) in [7, 11) is 0. The van der Waals surface area contributed by atoms with E-state index in [1.165, 1.54) is 38.4 Å². The predicted octanol–water partition coefficient (Wildman–Crippen LogP) is 6.85. The van der Waals surface area contributed by atoms with Crippen molar-refractivity contribution in [2.45, 2.75) is 5.92 Å². The Kier molecular flexibility index (Phi) is 4.24. The minimum Gasteiger partial charge on any atom is -0.309 e. The van der Waals surface area contributed by atoms with Gasteiger partial charge in [0.15, 0.2) is 0 Å². The first-order valence-electron chi connectivity index (χ1n) is 11.6. The van der Waals surface area contributed by atoms with Gasteiger partial charge in [0.2, 0.25) is 0 Å².